The van der Waals surface area contributed by atoms with E-state index in [0.717, 1.165) is 85.9 Å². The minimum Gasteiger partial charge on any atom is -0.507 e. The SMILES string of the molecule is CC#N.COc1ccc(N)c2ccncc12.COc1ccc(NC(=O)NCc2ccc(Cl)c(C(F)(F)F)c2)c2ccncc12.COc1ccc([N+](=O)[O-])c2ccncc12.COc1cccc2ccncc12.Cl.O=C(NCc1ccc(Cl)c(C(F)(F)F)c1)Nc1ccc(O)c2cnccc12.O=C=NCc1ccc(Cl)c(C(F)(F)F)c1. The monoisotopic (exact) mass is 1650 g/mol. The molecule has 0 bridgehead atoms. The van der Waals surface area contributed by atoms with Gasteiger partial charge in [-0.3, -0.25) is 35.0 Å². The van der Waals surface area contributed by atoms with Crippen molar-refractivity contribution in [2.45, 2.75) is 45.1 Å². The molecule has 0 aliphatic rings. The molecular formula is C78H64Cl4F9N13O10. The number of nitro groups is 1. The van der Waals surface area contributed by atoms with Crippen LogP contribution in [-0.2, 0) is 43.0 Å². The number of ether oxygens (including phenoxy) is 4. The number of nitriles is 1. The number of aromatic hydroxyl groups is 1. The average molecular weight is 1660 g/mol. The van der Waals surface area contributed by atoms with Gasteiger partial charge in [-0.25, -0.2) is 19.4 Å². The van der Waals surface area contributed by atoms with Crippen molar-refractivity contribution >= 4 is 142 Å². The lowest BCUT2D eigenvalue weighted by Gasteiger charge is -2.13. The minimum atomic E-state index is -4.58. The van der Waals surface area contributed by atoms with E-state index in [9.17, 15) is 69.1 Å². The lowest BCUT2D eigenvalue weighted by Crippen LogP contribution is -2.28. The van der Waals surface area contributed by atoms with Gasteiger partial charge in [-0.2, -0.15) is 44.8 Å². The van der Waals surface area contributed by atoms with Gasteiger partial charge < -0.3 is 51.1 Å². The second kappa shape index (κ2) is 42.4. The Morgan fingerprint density at radius 1 is 0.509 bits per heavy atom. The molecule has 114 heavy (non-hydrogen) atoms. The predicted molar refractivity (Wildman–Crippen MR) is 419 cm³/mol. The number of amides is 4. The van der Waals surface area contributed by atoms with E-state index in [1.807, 2.05) is 48.7 Å². The van der Waals surface area contributed by atoms with Crippen LogP contribution in [0.25, 0.3) is 53.9 Å². The van der Waals surface area contributed by atoms with Gasteiger partial charge in [0.05, 0.1) is 94.5 Å². The van der Waals surface area contributed by atoms with Crippen molar-refractivity contribution in [3.63, 3.8) is 0 Å². The highest BCUT2D eigenvalue weighted by Crippen LogP contribution is 2.40. The highest BCUT2D eigenvalue weighted by atomic mass is 35.5. The maximum absolute atomic E-state index is 12.9. The van der Waals surface area contributed by atoms with Crippen LogP contribution >= 0.6 is 47.2 Å². The number of carbonyl (C=O) groups excluding carboxylic acids is 3. The first-order valence-corrected chi connectivity index (χ1v) is 33.6. The van der Waals surface area contributed by atoms with Crippen LogP contribution < -0.4 is 45.9 Å². The number of alkyl halides is 9. The molecule has 0 atom stereocenters. The van der Waals surface area contributed by atoms with Crippen molar-refractivity contribution in [1.82, 2.24) is 35.6 Å². The fraction of sp³-hybridized carbons (Fsp3) is 0.141. The highest BCUT2D eigenvalue weighted by Gasteiger charge is 2.35. The topological polar surface area (TPSA) is 326 Å². The van der Waals surface area contributed by atoms with E-state index in [4.69, 9.17) is 64.7 Å². The number of nitrogen functional groups attached to an aromatic ring is 1. The molecule has 36 heteroatoms. The molecule has 8 aromatic carbocycles. The van der Waals surface area contributed by atoms with Crippen LogP contribution in [0, 0.1) is 21.4 Å². The number of nitro benzene ring substituents is 1. The van der Waals surface area contributed by atoms with Crippen LogP contribution in [-0.4, -0.2) is 81.5 Å². The predicted octanol–water partition coefficient (Wildman–Crippen LogP) is 20.5. The number of fused-ring (bicyclic) bond motifs is 5. The molecule has 0 unspecified atom stereocenters. The Balaban J connectivity index is 0.000000217. The van der Waals surface area contributed by atoms with E-state index in [0.29, 0.717) is 44.4 Å². The fourth-order valence-electron chi connectivity index (χ4n) is 10.4. The van der Waals surface area contributed by atoms with Crippen molar-refractivity contribution in [1.29, 1.82) is 5.26 Å². The summed E-state index contributed by atoms with van der Waals surface area (Å²) in [6.07, 6.45) is 3.92. The molecule has 0 saturated heterocycles. The van der Waals surface area contributed by atoms with E-state index >= 15 is 0 Å². The number of urea groups is 2. The Morgan fingerprint density at radius 2 is 0.877 bits per heavy atom. The first-order chi connectivity index (χ1) is 53.9. The van der Waals surface area contributed by atoms with Crippen molar-refractivity contribution in [3.05, 3.63) is 272 Å². The van der Waals surface area contributed by atoms with Gasteiger partial charge >= 0.3 is 30.6 Å². The molecule has 5 heterocycles. The quantitative estimate of drug-likeness (QED) is 0.0119. The Hall–Kier alpha value is -13.1. The van der Waals surface area contributed by atoms with Gasteiger partial charge in [0.1, 0.15) is 28.7 Å². The zero-order chi connectivity index (χ0) is 82.6. The fourth-order valence-corrected chi connectivity index (χ4v) is 11.0. The number of non-ortho nitro benzene ring substituents is 1. The Morgan fingerprint density at radius 3 is 1.33 bits per heavy atom. The van der Waals surface area contributed by atoms with Crippen LogP contribution in [0.5, 0.6) is 28.7 Å². The van der Waals surface area contributed by atoms with Gasteiger partial charge in [-0.05, 0) is 137 Å². The molecule has 0 aliphatic heterocycles. The van der Waals surface area contributed by atoms with Gasteiger partial charge in [-0.1, -0.05) is 65.1 Å². The maximum Gasteiger partial charge on any atom is 0.417 e. The number of phenols is 1. The molecule has 592 valence electrons. The lowest BCUT2D eigenvalue weighted by atomic mass is 10.1. The van der Waals surface area contributed by atoms with Crippen LogP contribution in [0.1, 0.15) is 40.3 Å². The standard InChI is InChI=1S/C19H15ClF3N3O2.C18H13ClF3N3O2.C10H8N2O3.C10H10N2O.C10H9NO.C9H5ClF3NO.C2H3N.ClH/c1-28-17-5-4-16(12-6-7-24-10-13(12)17)26-18(27)25-9-11-2-3-15(20)14(8-11)19(21,22)23;19-14-2-1-10(7-13(14)18(20,21)22)8-24-17(27)25-15-3-4-16(26)12-9-23-6-5-11(12)15;1-15-10-3-2-9(12(13)14)7-4-5-11-6-8(7)10;1-13-10-3-2-9(11)7-4-5-12-6-8(7)10;1-12-10-4-2-3-8-5-6-11-7-9(8)10;10-8-2-1-6(4-14-5-15)3-7(8)9(11,12)13;1-2-3;/h2-8,10H,9H2,1H3,(H2,25,26,27);1-7,9,26H,8H2,(H2,24,25,27);2-6H,1H3;2-6H,11H2,1H3;2-7H,1H3;1-3H,4H2;1H3;1H. The van der Waals surface area contributed by atoms with E-state index < -0.39 is 57.2 Å². The average Bonchev–Trinajstić information content (AvgIpc) is 0.803. The number of benzene rings is 8. The number of nitrogens with one attached hydrogen (secondary N) is 4. The van der Waals surface area contributed by atoms with Crippen molar-refractivity contribution in [2.24, 2.45) is 4.99 Å². The molecule has 0 aliphatic carbocycles. The van der Waals surface area contributed by atoms with E-state index in [1.54, 1.807) is 93.9 Å². The maximum atomic E-state index is 12.9. The number of nitrogens with two attached hydrogens (primary N) is 1. The molecule has 0 saturated carbocycles. The Labute approximate surface area is 664 Å². The summed E-state index contributed by atoms with van der Waals surface area (Å²) >= 11 is 16.6. The van der Waals surface area contributed by atoms with Crippen molar-refractivity contribution < 1.29 is 82.9 Å². The second-order valence-corrected chi connectivity index (χ2v) is 24.0. The van der Waals surface area contributed by atoms with E-state index in [-0.39, 0.29) is 70.2 Å². The summed E-state index contributed by atoms with van der Waals surface area (Å²) < 4.78 is 135. The summed E-state index contributed by atoms with van der Waals surface area (Å²) in [5.74, 6) is 2.89. The van der Waals surface area contributed by atoms with Crippen molar-refractivity contribution in [3.8, 4) is 34.8 Å². The van der Waals surface area contributed by atoms with Gasteiger partial charge in [-0.15, -0.1) is 12.4 Å². The number of anilines is 3. The summed E-state index contributed by atoms with van der Waals surface area (Å²) in [4.78, 5) is 67.6. The zero-order valence-electron chi connectivity index (χ0n) is 60.0. The van der Waals surface area contributed by atoms with Crippen LogP contribution in [0.3, 0.4) is 0 Å². The number of hydrogen-bond acceptors (Lipinski definition) is 18. The second-order valence-electron chi connectivity index (χ2n) is 22.8. The summed E-state index contributed by atoms with van der Waals surface area (Å²) in [5.41, 5.74) is 5.51. The third-order valence-corrected chi connectivity index (χ3v) is 16.6. The van der Waals surface area contributed by atoms with Gasteiger partial charge in [0.15, 0.2) is 0 Å². The molecule has 0 fully saturated rings. The number of carbonyl (C=O) groups is 2. The number of isocyanates is 1. The number of pyridine rings is 5. The lowest BCUT2D eigenvalue weighted by molar-refractivity contribution is -0.383. The number of aromatic nitrogens is 5. The number of aliphatic imine (C=N–C) groups is 1. The van der Waals surface area contributed by atoms with Gasteiger partial charge in [0, 0.05) is 137 Å². The Kier molecular flexibility index (Phi) is 33.4. The molecule has 23 nitrogen and oxygen atoms in total. The Bertz CT molecular complexity index is 5610. The zero-order valence-corrected chi connectivity index (χ0v) is 63.1. The molecule has 0 radical (unpaired) electrons. The summed E-state index contributed by atoms with van der Waals surface area (Å²) in [7, 11) is 6.36. The van der Waals surface area contributed by atoms with Gasteiger partial charge in [0.25, 0.3) is 5.69 Å². The summed E-state index contributed by atoms with van der Waals surface area (Å²) in [6.45, 7) is 1.08. The normalized spacial score (nSPS) is 10.6. The highest BCUT2D eigenvalue weighted by molar-refractivity contribution is 6.32. The number of halogens is 13. The molecular weight excluding hydrogens is 1590 g/mol. The number of methoxy groups -OCH3 is 4. The number of hydrogen-bond donors (Lipinski definition) is 6. The number of phenolic OH excluding ortho intramolecular Hbond substituents is 1. The first kappa shape index (κ1) is 89.8. The smallest absolute Gasteiger partial charge is 0.417 e. The molecule has 13 aromatic rings. The van der Waals surface area contributed by atoms with Crippen LogP contribution in [0.4, 0.5) is 71.9 Å². The number of nitrogens with zero attached hydrogens (tertiary/aromatic N) is 8. The molecule has 5 aromatic heterocycles. The van der Waals surface area contributed by atoms with Gasteiger partial charge in [0.2, 0.25) is 6.08 Å². The van der Waals surface area contributed by atoms with E-state index in [1.165, 1.54) is 82.2 Å². The number of rotatable bonds is 13. The third kappa shape index (κ3) is 25.0. The van der Waals surface area contributed by atoms with E-state index in [2.05, 4.69) is 51.2 Å². The van der Waals surface area contributed by atoms with Crippen LogP contribution in [0.2, 0.25) is 15.1 Å². The van der Waals surface area contributed by atoms with Crippen LogP contribution in [0.15, 0.2) is 219 Å². The third-order valence-electron chi connectivity index (χ3n) is 15.6. The minimum absolute atomic E-state index is 0. The summed E-state index contributed by atoms with van der Waals surface area (Å²) in [6, 6.07) is 38.6. The first-order valence-electron chi connectivity index (χ1n) is 32.4. The largest absolute Gasteiger partial charge is 0.507 e. The van der Waals surface area contributed by atoms with Crippen molar-refractivity contribution in [2.75, 3.05) is 44.8 Å². The summed E-state index contributed by atoms with van der Waals surface area (Å²) in [5, 5.41) is 44.8. The molecule has 0 spiro atoms. The molecule has 4 amide bonds. The molecule has 7 N–H and O–H groups in total. The molecule has 13 rings (SSSR count).